The van der Waals surface area contributed by atoms with Crippen molar-refractivity contribution in [3.05, 3.63) is 218 Å². The molecule has 5 heteroatoms. The predicted molar refractivity (Wildman–Crippen MR) is 254 cm³/mol. The van der Waals surface area contributed by atoms with Crippen LogP contribution in [0.1, 0.15) is 0 Å². The lowest BCUT2D eigenvalue weighted by atomic mass is 9.96. The molecule has 0 atom stereocenters. The average Bonchev–Trinajstić information content (AvgIpc) is 3.94. The van der Waals surface area contributed by atoms with Crippen LogP contribution >= 0.6 is 0 Å². The standard InChI is InChI=1S/C57H36N4O/c1-4-16-37(17-5-1)49-36-50(59-57(58-49)45-26-14-23-40(32-45)41-30-31-53-48(34-41)47-28-12-13-29-52(47)62-53)43-24-15-25-44(33-43)51-35-42-22-10-11-27-46(42)56-54(38-18-6-2-7-19-38)55(60-61(51)56)39-20-8-3-9-21-39/h1-36H. The Kier molecular flexibility index (Phi) is 8.42. The summed E-state index contributed by atoms with van der Waals surface area (Å²) < 4.78 is 8.28. The van der Waals surface area contributed by atoms with Crippen molar-refractivity contribution in [2.45, 2.75) is 0 Å². The van der Waals surface area contributed by atoms with Gasteiger partial charge in [-0.3, -0.25) is 0 Å². The number of para-hydroxylation sites is 1. The van der Waals surface area contributed by atoms with Gasteiger partial charge in [-0.1, -0.05) is 176 Å². The monoisotopic (exact) mass is 792 g/mol. The molecule has 4 heterocycles. The molecule has 12 rings (SSSR count). The average molecular weight is 793 g/mol. The SMILES string of the molecule is c1ccc(-c2cc(-c3cccc(-c4cc5ccccc5c5c(-c6ccccc6)c(-c6ccccc6)nn45)c3)nc(-c3cccc(-c4ccc5oc6ccccc6c5c4)c3)n2)cc1. The van der Waals surface area contributed by atoms with Crippen LogP contribution < -0.4 is 0 Å². The number of pyridine rings is 1. The number of nitrogens with zero attached hydrogens (tertiary/aromatic N) is 4. The van der Waals surface area contributed by atoms with Crippen molar-refractivity contribution in [2.75, 3.05) is 0 Å². The fraction of sp³-hybridized carbons (Fsp3) is 0. The van der Waals surface area contributed by atoms with E-state index in [-0.39, 0.29) is 0 Å². The third-order valence-corrected chi connectivity index (χ3v) is 11.8. The topological polar surface area (TPSA) is 56.2 Å². The maximum atomic E-state index is 6.14. The summed E-state index contributed by atoms with van der Waals surface area (Å²) in [6.07, 6.45) is 0. The highest BCUT2D eigenvalue weighted by Gasteiger charge is 2.22. The van der Waals surface area contributed by atoms with Crippen LogP contribution in [-0.4, -0.2) is 19.6 Å². The summed E-state index contributed by atoms with van der Waals surface area (Å²) in [7, 11) is 0. The van der Waals surface area contributed by atoms with Gasteiger partial charge in [0.15, 0.2) is 5.82 Å². The molecule has 0 amide bonds. The summed E-state index contributed by atoms with van der Waals surface area (Å²) in [5, 5.41) is 9.94. The summed E-state index contributed by atoms with van der Waals surface area (Å²) in [6, 6.07) is 76.2. The van der Waals surface area contributed by atoms with Gasteiger partial charge in [0.25, 0.3) is 0 Å². The summed E-state index contributed by atoms with van der Waals surface area (Å²) in [5.41, 5.74) is 15.9. The lowest BCUT2D eigenvalue weighted by Crippen LogP contribution is -1.98. The van der Waals surface area contributed by atoms with E-state index in [0.717, 1.165) is 111 Å². The Morgan fingerprint density at radius 3 is 1.71 bits per heavy atom. The number of fused-ring (bicyclic) bond motifs is 6. The first-order valence-electron chi connectivity index (χ1n) is 20.8. The van der Waals surface area contributed by atoms with Crippen molar-refractivity contribution in [3.63, 3.8) is 0 Å². The largest absolute Gasteiger partial charge is 0.456 e. The van der Waals surface area contributed by atoms with E-state index in [1.54, 1.807) is 0 Å². The predicted octanol–water partition coefficient (Wildman–Crippen LogP) is 14.8. The highest BCUT2D eigenvalue weighted by atomic mass is 16.3. The zero-order valence-corrected chi connectivity index (χ0v) is 33.5. The minimum atomic E-state index is 0.656. The molecule has 4 aromatic heterocycles. The van der Waals surface area contributed by atoms with E-state index in [0.29, 0.717) is 5.82 Å². The Labute approximate surface area is 357 Å². The molecule has 62 heavy (non-hydrogen) atoms. The second-order valence-corrected chi connectivity index (χ2v) is 15.6. The van der Waals surface area contributed by atoms with Gasteiger partial charge in [0.2, 0.25) is 0 Å². The van der Waals surface area contributed by atoms with Crippen LogP contribution in [0.4, 0.5) is 0 Å². The summed E-state index contributed by atoms with van der Waals surface area (Å²) in [4.78, 5) is 10.5. The van der Waals surface area contributed by atoms with Crippen LogP contribution in [-0.2, 0) is 0 Å². The lowest BCUT2D eigenvalue weighted by Gasteiger charge is -2.13. The van der Waals surface area contributed by atoms with Crippen LogP contribution in [0.3, 0.4) is 0 Å². The van der Waals surface area contributed by atoms with Crippen LogP contribution in [0.2, 0.25) is 0 Å². The Morgan fingerprint density at radius 2 is 0.919 bits per heavy atom. The third kappa shape index (κ3) is 6.14. The van der Waals surface area contributed by atoms with Crippen molar-refractivity contribution in [3.8, 4) is 78.7 Å². The van der Waals surface area contributed by atoms with Gasteiger partial charge in [0.1, 0.15) is 16.9 Å². The molecule has 8 aromatic carbocycles. The number of rotatable bonds is 7. The van der Waals surface area contributed by atoms with Gasteiger partial charge in [0.05, 0.1) is 22.6 Å². The first kappa shape index (κ1) is 35.5. The second-order valence-electron chi connectivity index (χ2n) is 15.6. The van der Waals surface area contributed by atoms with E-state index < -0.39 is 0 Å². The number of hydrogen-bond acceptors (Lipinski definition) is 4. The summed E-state index contributed by atoms with van der Waals surface area (Å²) in [5.74, 6) is 0.656. The molecular formula is C57H36N4O. The first-order valence-corrected chi connectivity index (χ1v) is 20.8. The summed E-state index contributed by atoms with van der Waals surface area (Å²) >= 11 is 0. The van der Waals surface area contributed by atoms with Gasteiger partial charge < -0.3 is 4.42 Å². The van der Waals surface area contributed by atoms with Crippen molar-refractivity contribution in [1.29, 1.82) is 0 Å². The molecule has 0 unspecified atom stereocenters. The van der Waals surface area contributed by atoms with Crippen LogP contribution in [0.5, 0.6) is 0 Å². The first-order chi connectivity index (χ1) is 30.7. The van der Waals surface area contributed by atoms with Crippen molar-refractivity contribution >= 4 is 38.2 Å². The van der Waals surface area contributed by atoms with Gasteiger partial charge in [-0.15, -0.1) is 0 Å². The van der Waals surface area contributed by atoms with E-state index in [9.17, 15) is 0 Å². The Morgan fingerprint density at radius 1 is 0.355 bits per heavy atom. The molecule has 0 saturated heterocycles. The van der Waals surface area contributed by atoms with Gasteiger partial charge in [0, 0.05) is 49.5 Å². The number of hydrogen-bond donors (Lipinski definition) is 0. The molecule has 0 aliphatic rings. The van der Waals surface area contributed by atoms with Crippen LogP contribution in [0, 0.1) is 0 Å². The van der Waals surface area contributed by atoms with E-state index >= 15 is 0 Å². The maximum absolute atomic E-state index is 6.14. The smallest absolute Gasteiger partial charge is 0.160 e. The van der Waals surface area contributed by atoms with Gasteiger partial charge >= 0.3 is 0 Å². The lowest BCUT2D eigenvalue weighted by molar-refractivity contribution is 0.669. The zero-order chi connectivity index (χ0) is 41.0. The van der Waals surface area contributed by atoms with Crippen molar-refractivity contribution in [1.82, 2.24) is 19.6 Å². The number of furan rings is 1. The Bertz CT molecular complexity index is 3630. The quantitative estimate of drug-likeness (QED) is 0.161. The van der Waals surface area contributed by atoms with E-state index in [1.165, 1.54) is 0 Å². The minimum absolute atomic E-state index is 0.656. The molecule has 0 saturated carbocycles. The Balaban J connectivity index is 1.02. The van der Waals surface area contributed by atoms with Crippen molar-refractivity contribution < 1.29 is 4.42 Å². The van der Waals surface area contributed by atoms with Crippen molar-refractivity contribution in [2.24, 2.45) is 0 Å². The van der Waals surface area contributed by atoms with Crippen LogP contribution in [0.25, 0.3) is 117 Å². The third-order valence-electron chi connectivity index (χ3n) is 11.8. The molecule has 0 radical (unpaired) electrons. The molecule has 5 nitrogen and oxygen atoms in total. The molecule has 0 aliphatic carbocycles. The fourth-order valence-corrected chi connectivity index (χ4v) is 8.83. The highest BCUT2D eigenvalue weighted by molar-refractivity contribution is 6.09. The Hall–Kier alpha value is -8.41. The van der Waals surface area contributed by atoms with E-state index in [1.807, 2.05) is 18.2 Å². The summed E-state index contributed by atoms with van der Waals surface area (Å²) in [6.45, 7) is 0. The number of aromatic nitrogens is 4. The van der Waals surface area contributed by atoms with Gasteiger partial charge in [-0.25, -0.2) is 14.5 Å². The molecule has 0 N–H and O–H groups in total. The maximum Gasteiger partial charge on any atom is 0.160 e. The zero-order valence-electron chi connectivity index (χ0n) is 33.5. The fourth-order valence-electron chi connectivity index (χ4n) is 8.83. The molecule has 0 bridgehead atoms. The number of benzene rings is 8. The molecule has 12 aromatic rings. The van der Waals surface area contributed by atoms with Crippen LogP contribution in [0.15, 0.2) is 223 Å². The molecule has 0 fully saturated rings. The normalized spacial score (nSPS) is 11.5. The van der Waals surface area contributed by atoms with E-state index in [4.69, 9.17) is 19.5 Å². The molecule has 0 spiro atoms. The molecular weight excluding hydrogens is 757 g/mol. The minimum Gasteiger partial charge on any atom is -0.456 e. The van der Waals surface area contributed by atoms with Gasteiger partial charge in [-0.05, 0) is 64.5 Å². The highest BCUT2D eigenvalue weighted by Crippen LogP contribution is 2.42. The van der Waals surface area contributed by atoms with E-state index in [2.05, 4.69) is 205 Å². The molecule has 290 valence electrons. The van der Waals surface area contributed by atoms with Gasteiger partial charge in [-0.2, -0.15) is 5.10 Å². The second kappa shape index (κ2) is 14.7. The molecule has 0 aliphatic heterocycles.